The van der Waals surface area contributed by atoms with Gasteiger partial charge in [-0.05, 0) is 26.3 Å². The average molecular weight is 386 g/mol. The maximum atomic E-state index is 13.3. The van der Waals surface area contributed by atoms with Crippen molar-refractivity contribution in [2.24, 2.45) is 11.0 Å². The summed E-state index contributed by atoms with van der Waals surface area (Å²) in [7, 11) is 0. The molecular weight excluding hydrogens is 360 g/mol. The number of nitrogens with zero attached hydrogens (tertiary/aromatic N) is 3. The summed E-state index contributed by atoms with van der Waals surface area (Å²) in [4.78, 5) is 38.0. The van der Waals surface area contributed by atoms with E-state index in [1.165, 1.54) is 5.01 Å². The van der Waals surface area contributed by atoms with Gasteiger partial charge in [-0.2, -0.15) is 5.10 Å². The molecule has 1 N–H and O–H groups in total. The van der Waals surface area contributed by atoms with Crippen LogP contribution in [0.4, 0.5) is 0 Å². The highest BCUT2D eigenvalue weighted by Crippen LogP contribution is 2.33. The van der Waals surface area contributed by atoms with Crippen LogP contribution in [0.2, 0.25) is 0 Å². The fraction of sp³-hybridized carbons (Fsp3) is 0.500. The summed E-state index contributed by atoms with van der Waals surface area (Å²) < 4.78 is 4.99. The summed E-state index contributed by atoms with van der Waals surface area (Å²) in [5, 5.41) is 7.00. The molecular formula is C20H26N4O4. The van der Waals surface area contributed by atoms with Crippen molar-refractivity contribution in [3.05, 3.63) is 35.9 Å². The molecule has 2 amide bonds. The maximum absolute atomic E-state index is 13.3. The molecule has 2 atom stereocenters. The summed E-state index contributed by atoms with van der Waals surface area (Å²) in [6, 6.07) is 8.89. The number of carbonyl (C=O) groups excluding carboxylic acids is 3. The zero-order valence-corrected chi connectivity index (χ0v) is 16.6. The number of esters is 1. The molecule has 3 rings (SSSR count). The minimum absolute atomic E-state index is 0.167. The van der Waals surface area contributed by atoms with Crippen molar-refractivity contribution in [2.75, 3.05) is 6.61 Å². The van der Waals surface area contributed by atoms with Gasteiger partial charge in [0.2, 0.25) is 5.91 Å². The van der Waals surface area contributed by atoms with Gasteiger partial charge in [0.05, 0.1) is 6.61 Å². The summed E-state index contributed by atoms with van der Waals surface area (Å²) in [6.45, 7) is 7.97. The smallest absolute Gasteiger partial charge is 0.354 e. The van der Waals surface area contributed by atoms with Crippen molar-refractivity contribution in [2.45, 2.75) is 52.2 Å². The van der Waals surface area contributed by atoms with Gasteiger partial charge in [-0.25, -0.2) is 14.8 Å². The number of amides is 2. The lowest BCUT2D eigenvalue weighted by Crippen LogP contribution is -2.55. The first kappa shape index (κ1) is 20.0. The Labute approximate surface area is 164 Å². The monoisotopic (exact) mass is 386 g/mol. The number of ether oxygens (including phenoxy) is 1. The zero-order chi connectivity index (χ0) is 20.5. The standard InChI is InChI=1S/C20H26N4O4/c1-5-28-19(27)17-13(2)16(21-22-17)18(26)24-15(25)11-20(3,4)23(24)12-14-9-7-6-8-10-14/h6-10,13,16,21H,5,11-12H2,1-4H3/t13-,16+/m1/s1. The predicted molar refractivity (Wildman–Crippen MR) is 103 cm³/mol. The van der Waals surface area contributed by atoms with E-state index in [2.05, 4.69) is 10.5 Å². The SMILES string of the molecule is CCOC(=O)C1=NN[C@H](C(=O)N2C(=O)CC(C)(C)N2Cc2ccccc2)[C@H]1C. The first-order chi connectivity index (χ1) is 13.3. The normalized spacial score (nSPS) is 24.1. The van der Waals surface area contributed by atoms with Crippen molar-refractivity contribution in [3.63, 3.8) is 0 Å². The molecule has 28 heavy (non-hydrogen) atoms. The molecule has 8 heteroatoms. The van der Waals surface area contributed by atoms with Crippen molar-refractivity contribution < 1.29 is 19.1 Å². The fourth-order valence-electron chi connectivity index (χ4n) is 3.57. The molecule has 0 radical (unpaired) electrons. The fourth-order valence-corrected chi connectivity index (χ4v) is 3.57. The molecule has 0 saturated carbocycles. The number of hydrogen-bond acceptors (Lipinski definition) is 7. The lowest BCUT2D eigenvalue weighted by molar-refractivity contribution is -0.163. The minimum Gasteiger partial charge on any atom is -0.461 e. The lowest BCUT2D eigenvalue weighted by Gasteiger charge is -2.36. The van der Waals surface area contributed by atoms with Gasteiger partial charge in [-0.3, -0.25) is 15.0 Å². The molecule has 0 unspecified atom stereocenters. The highest BCUT2D eigenvalue weighted by Gasteiger charge is 2.50. The van der Waals surface area contributed by atoms with Crippen LogP contribution in [-0.4, -0.2) is 51.7 Å². The molecule has 8 nitrogen and oxygen atoms in total. The van der Waals surface area contributed by atoms with E-state index < -0.39 is 29.4 Å². The van der Waals surface area contributed by atoms with Gasteiger partial charge in [0.25, 0.3) is 5.91 Å². The van der Waals surface area contributed by atoms with E-state index in [1.54, 1.807) is 18.9 Å². The topological polar surface area (TPSA) is 91.3 Å². The van der Waals surface area contributed by atoms with Gasteiger partial charge in [0.1, 0.15) is 6.04 Å². The van der Waals surface area contributed by atoms with E-state index in [0.717, 1.165) is 5.56 Å². The average Bonchev–Trinajstić information content (AvgIpc) is 3.12. The number of nitrogens with one attached hydrogen (secondary N) is 1. The van der Waals surface area contributed by atoms with Gasteiger partial charge < -0.3 is 4.74 Å². The van der Waals surface area contributed by atoms with Gasteiger partial charge in [-0.15, -0.1) is 0 Å². The molecule has 0 bridgehead atoms. The lowest BCUT2D eigenvalue weighted by atomic mass is 9.97. The number of hydrazone groups is 1. The summed E-state index contributed by atoms with van der Waals surface area (Å²) in [5.41, 5.74) is 3.38. The van der Waals surface area contributed by atoms with Crippen molar-refractivity contribution in [3.8, 4) is 0 Å². The number of imide groups is 1. The predicted octanol–water partition coefficient (Wildman–Crippen LogP) is 1.47. The van der Waals surface area contributed by atoms with Crippen LogP contribution in [0.5, 0.6) is 0 Å². The third-order valence-electron chi connectivity index (χ3n) is 5.15. The van der Waals surface area contributed by atoms with E-state index in [0.29, 0.717) is 6.54 Å². The second kappa shape index (κ2) is 7.71. The Morgan fingerprint density at radius 2 is 1.96 bits per heavy atom. The van der Waals surface area contributed by atoms with Crippen LogP contribution in [0.1, 0.15) is 39.7 Å². The minimum atomic E-state index is -0.796. The molecule has 1 aromatic carbocycles. The van der Waals surface area contributed by atoms with Crippen molar-refractivity contribution in [1.82, 2.24) is 15.4 Å². The van der Waals surface area contributed by atoms with Crippen LogP contribution >= 0.6 is 0 Å². The van der Waals surface area contributed by atoms with Gasteiger partial charge in [0.15, 0.2) is 5.71 Å². The molecule has 1 aromatic rings. The van der Waals surface area contributed by atoms with E-state index in [-0.39, 0.29) is 24.6 Å². The Hall–Kier alpha value is -2.74. The van der Waals surface area contributed by atoms with E-state index in [4.69, 9.17) is 4.74 Å². The first-order valence-electron chi connectivity index (χ1n) is 9.44. The maximum Gasteiger partial charge on any atom is 0.354 e. The summed E-state index contributed by atoms with van der Waals surface area (Å²) >= 11 is 0. The van der Waals surface area contributed by atoms with Crippen molar-refractivity contribution >= 4 is 23.5 Å². The van der Waals surface area contributed by atoms with Crippen LogP contribution in [0.3, 0.4) is 0 Å². The third kappa shape index (κ3) is 3.64. The third-order valence-corrected chi connectivity index (χ3v) is 5.15. The molecule has 1 fully saturated rings. The van der Waals surface area contributed by atoms with Crippen LogP contribution in [-0.2, 0) is 25.7 Å². The quantitative estimate of drug-likeness (QED) is 0.609. The van der Waals surface area contributed by atoms with Crippen molar-refractivity contribution in [1.29, 1.82) is 0 Å². The number of benzene rings is 1. The Bertz CT molecular complexity index is 806. The molecule has 0 aliphatic carbocycles. The van der Waals surface area contributed by atoms with Crippen LogP contribution in [0, 0.1) is 5.92 Å². The molecule has 2 aliphatic heterocycles. The number of carbonyl (C=O) groups is 3. The van der Waals surface area contributed by atoms with Crippen LogP contribution in [0.25, 0.3) is 0 Å². The second-order valence-corrected chi connectivity index (χ2v) is 7.69. The molecule has 1 saturated heterocycles. The molecule has 2 heterocycles. The summed E-state index contributed by atoms with van der Waals surface area (Å²) in [5.74, 6) is -1.72. The Morgan fingerprint density at radius 1 is 1.29 bits per heavy atom. The Balaban J connectivity index is 1.81. The van der Waals surface area contributed by atoms with E-state index >= 15 is 0 Å². The van der Waals surface area contributed by atoms with E-state index in [1.807, 2.05) is 44.2 Å². The summed E-state index contributed by atoms with van der Waals surface area (Å²) in [6.07, 6.45) is 0.234. The van der Waals surface area contributed by atoms with Gasteiger partial charge in [0, 0.05) is 24.4 Å². The number of hydrazine groups is 1. The molecule has 2 aliphatic rings. The molecule has 150 valence electrons. The number of rotatable bonds is 5. The zero-order valence-electron chi connectivity index (χ0n) is 16.6. The Kier molecular flexibility index (Phi) is 5.51. The van der Waals surface area contributed by atoms with Gasteiger partial charge >= 0.3 is 5.97 Å². The number of hydrogen-bond donors (Lipinski definition) is 1. The largest absolute Gasteiger partial charge is 0.461 e. The van der Waals surface area contributed by atoms with Crippen LogP contribution in [0.15, 0.2) is 35.4 Å². The van der Waals surface area contributed by atoms with Crippen LogP contribution < -0.4 is 5.43 Å². The second-order valence-electron chi connectivity index (χ2n) is 7.69. The van der Waals surface area contributed by atoms with E-state index in [9.17, 15) is 14.4 Å². The Morgan fingerprint density at radius 3 is 2.61 bits per heavy atom. The molecule has 0 aromatic heterocycles. The highest BCUT2D eigenvalue weighted by atomic mass is 16.5. The first-order valence-corrected chi connectivity index (χ1v) is 9.44. The van der Waals surface area contributed by atoms with Gasteiger partial charge in [-0.1, -0.05) is 37.3 Å². The molecule has 0 spiro atoms. The highest BCUT2D eigenvalue weighted by molar-refractivity contribution is 6.38.